The van der Waals surface area contributed by atoms with Crippen molar-refractivity contribution in [2.24, 2.45) is 11.8 Å². The Kier molecular flexibility index (Phi) is 9.81. The van der Waals surface area contributed by atoms with Gasteiger partial charge in [-0.1, -0.05) is 39.8 Å². The van der Waals surface area contributed by atoms with Crippen molar-refractivity contribution in [2.45, 2.75) is 34.1 Å². The van der Waals surface area contributed by atoms with Gasteiger partial charge in [-0.2, -0.15) is 0 Å². The molecule has 33 heavy (non-hydrogen) atoms. The van der Waals surface area contributed by atoms with E-state index in [0.717, 1.165) is 0 Å². The van der Waals surface area contributed by atoms with Gasteiger partial charge >= 0.3 is 0 Å². The number of hydrazine groups is 1. The minimum Gasteiger partial charge on any atom is -0.492 e. The summed E-state index contributed by atoms with van der Waals surface area (Å²) in [6, 6.07) is 13.3. The normalized spacial score (nSPS) is 10.5. The second-order valence-electron chi connectivity index (χ2n) is 8.29. The Hall–Kier alpha value is -3.46. The molecule has 0 aromatic heterocycles. The van der Waals surface area contributed by atoms with Crippen molar-refractivity contribution in [3.05, 3.63) is 59.7 Å². The Balaban J connectivity index is 1.86. The summed E-state index contributed by atoms with van der Waals surface area (Å²) >= 11 is 5.10. The lowest BCUT2D eigenvalue weighted by molar-refractivity contribution is -0.116. The number of nitrogens with one attached hydrogen (secondary N) is 4. The number of carbonyl (C=O) groups excluding carboxylic acids is 3. The smallest absolute Gasteiger partial charge is 0.269 e. The molecule has 0 saturated carbocycles. The van der Waals surface area contributed by atoms with Gasteiger partial charge in [-0.3, -0.25) is 30.6 Å². The van der Waals surface area contributed by atoms with Crippen molar-refractivity contribution < 1.29 is 19.1 Å². The molecule has 2 aromatic carbocycles. The maximum atomic E-state index is 12.6. The van der Waals surface area contributed by atoms with Gasteiger partial charge < -0.3 is 10.1 Å². The van der Waals surface area contributed by atoms with E-state index in [0.29, 0.717) is 41.5 Å². The first-order chi connectivity index (χ1) is 15.7. The number of hydrogen-bond acceptors (Lipinski definition) is 5. The minimum atomic E-state index is -0.456. The molecule has 3 amide bonds. The molecule has 4 N–H and O–H groups in total. The average Bonchev–Trinajstić information content (AvgIpc) is 2.76. The van der Waals surface area contributed by atoms with Crippen LogP contribution < -0.4 is 26.2 Å². The number of carbonyl (C=O) groups is 3. The lowest BCUT2D eigenvalue weighted by atomic mass is 10.1. The third-order valence-electron chi connectivity index (χ3n) is 4.24. The SMILES string of the molecule is CC(C)COc1ccccc1C(=O)NC(=S)NNC(=O)c1ccc(NC(=O)CC(C)C)cc1. The highest BCUT2D eigenvalue weighted by Crippen LogP contribution is 2.18. The third-order valence-corrected chi connectivity index (χ3v) is 4.45. The Morgan fingerprint density at radius 1 is 0.879 bits per heavy atom. The summed E-state index contributed by atoms with van der Waals surface area (Å²) in [5.41, 5.74) is 6.23. The minimum absolute atomic E-state index is 0.0652. The summed E-state index contributed by atoms with van der Waals surface area (Å²) < 4.78 is 5.69. The van der Waals surface area contributed by atoms with Crippen molar-refractivity contribution in [1.82, 2.24) is 16.2 Å². The van der Waals surface area contributed by atoms with Crippen LogP contribution in [0.4, 0.5) is 5.69 Å². The highest BCUT2D eigenvalue weighted by atomic mass is 32.1. The predicted molar refractivity (Wildman–Crippen MR) is 132 cm³/mol. The Labute approximate surface area is 199 Å². The number of thiocarbonyl (C=S) groups is 1. The van der Waals surface area contributed by atoms with Gasteiger partial charge in [-0.15, -0.1) is 0 Å². The van der Waals surface area contributed by atoms with E-state index in [1.807, 2.05) is 27.7 Å². The second-order valence-corrected chi connectivity index (χ2v) is 8.70. The van der Waals surface area contributed by atoms with Crippen LogP contribution in [0.15, 0.2) is 48.5 Å². The lowest BCUT2D eigenvalue weighted by Gasteiger charge is -2.14. The number of rotatable bonds is 8. The van der Waals surface area contributed by atoms with Crippen LogP contribution in [0.3, 0.4) is 0 Å². The molecule has 2 rings (SSSR count). The fraction of sp³-hybridized carbons (Fsp3) is 0.333. The summed E-state index contributed by atoms with van der Waals surface area (Å²) in [4.78, 5) is 36.7. The quantitative estimate of drug-likeness (QED) is 0.346. The first kappa shape index (κ1) is 25.8. The number of ether oxygens (including phenoxy) is 1. The molecule has 0 heterocycles. The van der Waals surface area contributed by atoms with E-state index < -0.39 is 11.8 Å². The topological polar surface area (TPSA) is 109 Å². The van der Waals surface area contributed by atoms with Crippen LogP contribution in [0.2, 0.25) is 0 Å². The number of benzene rings is 2. The van der Waals surface area contributed by atoms with Gasteiger partial charge in [0.15, 0.2) is 5.11 Å². The molecule has 0 atom stereocenters. The molecule has 0 radical (unpaired) electrons. The van der Waals surface area contributed by atoms with E-state index in [-0.39, 0.29) is 16.9 Å². The molecule has 0 fully saturated rings. The van der Waals surface area contributed by atoms with Crippen LogP contribution in [0.1, 0.15) is 54.8 Å². The van der Waals surface area contributed by atoms with Gasteiger partial charge in [-0.05, 0) is 60.5 Å². The molecule has 0 bridgehead atoms. The summed E-state index contributed by atoms with van der Waals surface area (Å²) in [7, 11) is 0. The number of para-hydroxylation sites is 1. The van der Waals surface area contributed by atoms with Crippen LogP contribution in [0.5, 0.6) is 5.75 Å². The van der Waals surface area contributed by atoms with Crippen LogP contribution in [-0.2, 0) is 4.79 Å². The van der Waals surface area contributed by atoms with Crippen LogP contribution in [-0.4, -0.2) is 29.4 Å². The monoisotopic (exact) mass is 470 g/mol. The fourth-order valence-corrected chi connectivity index (χ4v) is 2.86. The van der Waals surface area contributed by atoms with Crippen molar-refractivity contribution in [2.75, 3.05) is 11.9 Å². The van der Waals surface area contributed by atoms with E-state index in [1.54, 1.807) is 48.5 Å². The molecule has 0 aliphatic rings. The summed E-state index contributed by atoms with van der Waals surface area (Å²) in [6.07, 6.45) is 0.420. The zero-order valence-electron chi connectivity index (χ0n) is 19.2. The van der Waals surface area contributed by atoms with E-state index in [9.17, 15) is 14.4 Å². The highest BCUT2D eigenvalue weighted by Gasteiger charge is 2.15. The highest BCUT2D eigenvalue weighted by molar-refractivity contribution is 7.80. The summed E-state index contributed by atoms with van der Waals surface area (Å²) in [5, 5.41) is 5.23. The molecule has 2 aromatic rings. The van der Waals surface area contributed by atoms with Gasteiger partial charge in [0.2, 0.25) is 5.91 Å². The lowest BCUT2D eigenvalue weighted by Crippen LogP contribution is -2.48. The Morgan fingerprint density at radius 2 is 1.55 bits per heavy atom. The molecule has 176 valence electrons. The van der Waals surface area contributed by atoms with E-state index >= 15 is 0 Å². The van der Waals surface area contributed by atoms with Gasteiger partial charge in [0.25, 0.3) is 11.8 Å². The first-order valence-corrected chi connectivity index (χ1v) is 11.1. The maximum absolute atomic E-state index is 12.6. The standard InChI is InChI=1S/C24H30N4O4S/c1-15(2)13-21(29)25-18-11-9-17(10-12-18)22(30)27-28-24(33)26-23(31)19-7-5-6-8-20(19)32-14-16(3)4/h5-12,15-16H,13-14H2,1-4H3,(H,25,29)(H,27,30)(H2,26,28,31,33). The fourth-order valence-electron chi connectivity index (χ4n) is 2.71. The van der Waals surface area contributed by atoms with Crippen molar-refractivity contribution >= 4 is 40.7 Å². The van der Waals surface area contributed by atoms with Crippen molar-refractivity contribution in [3.8, 4) is 5.75 Å². The van der Waals surface area contributed by atoms with Crippen molar-refractivity contribution in [3.63, 3.8) is 0 Å². The second kappa shape index (κ2) is 12.5. The number of hydrogen-bond donors (Lipinski definition) is 4. The Morgan fingerprint density at radius 3 is 2.18 bits per heavy atom. The Bertz CT molecular complexity index is 990. The predicted octanol–water partition coefficient (Wildman–Crippen LogP) is 3.66. The molecule has 0 aliphatic carbocycles. The van der Waals surface area contributed by atoms with Gasteiger partial charge in [0, 0.05) is 17.7 Å². The van der Waals surface area contributed by atoms with Crippen LogP contribution in [0, 0.1) is 11.8 Å². The average molecular weight is 471 g/mol. The molecule has 8 nitrogen and oxygen atoms in total. The number of amides is 3. The molecule has 0 spiro atoms. The zero-order valence-corrected chi connectivity index (χ0v) is 20.0. The van der Waals surface area contributed by atoms with E-state index in [1.165, 1.54) is 0 Å². The molecule has 0 unspecified atom stereocenters. The van der Waals surface area contributed by atoms with Crippen LogP contribution in [0.25, 0.3) is 0 Å². The van der Waals surface area contributed by atoms with Gasteiger partial charge in [0.05, 0.1) is 12.2 Å². The van der Waals surface area contributed by atoms with Crippen LogP contribution >= 0.6 is 12.2 Å². The summed E-state index contributed by atoms with van der Waals surface area (Å²) in [5.74, 6) is 0.0307. The molecule has 0 aliphatic heterocycles. The van der Waals surface area contributed by atoms with Crippen molar-refractivity contribution in [1.29, 1.82) is 0 Å². The largest absolute Gasteiger partial charge is 0.492 e. The molecule has 9 heteroatoms. The van der Waals surface area contributed by atoms with E-state index in [2.05, 4.69) is 21.5 Å². The molecule has 0 saturated heterocycles. The summed E-state index contributed by atoms with van der Waals surface area (Å²) in [6.45, 7) is 8.43. The zero-order chi connectivity index (χ0) is 24.4. The molecular weight excluding hydrogens is 440 g/mol. The van der Waals surface area contributed by atoms with Gasteiger partial charge in [-0.25, -0.2) is 0 Å². The van der Waals surface area contributed by atoms with E-state index in [4.69, 9.17) is 17.0 Å². The maximum Gasteiger partial charge on any atom is 0.269 e. The van der Waals surface area contributed by atoms with Gasteiger partial charge in [0.1, 0.15) is 5.75 Å². The molecular formula is C24H30N4O4S. The number of anilines is 1. The first-order valence-electron chi connectivity index (χ1n) is 10.7. The third kappa shape index (κ3) is 8.89.